The molecule has 5 aromatic rings. The topological polar surface area (TPSA) is 75.9 Å². The summed E-state index contributed by atoms with van der Waals surface area (Å²) in [7, 11) is 0. The van der Waals surface area contributed by atoms with Crippen LogP contribution in [0.2, 0.25) is 5.02 Å². The van der Waals surface area contributed by atoms with Gasteiger partial charge >= 0.3 is 0 Å². The Hall–Kier alpha value is -4.62. The minimum absolute atomic E-state index is 0.000527. The Balaban J connectivity index is 1.38. The summed E-state index contributed by atoms with van der Waals surface area (Å²) in [5.41, 5.74) is 6.74. The zero-order valence-electron chi connectivity index (χ0n) is 23.0. The molecule has 1 amide bonds. The lowest BCUT2D eigenvalue weighted by Gasteiger charge is -2.22. The van der Waals surface area contributed by atoms with E-state index in [0.29, 0.717) is 39.2 Å². The molecule has 0 spiro atoms. The van der Waals surface area contributed by atoms with Gasteiger partial charge in [0.1, 0.15) is 18.9 Å². The fourth-order valence-electron chi connectivity index (χ4n) is 4.88. The van der Waals surface area contributed by atoms with Crippen molar-refractivity contribution in [2.45, 2.75) is 27.0 Å². The molecule has 5 rings (SSSR count). The molecule has 8 heteroatoms. The zero-order chi connectivity index (χ0) is 28.8. The monoisotopic (exact) mass is 566 g/mol. The first kappa shape index (κ1) is 27.9. The molecule has 0 unspecified atom stereocenters. The van der Waals surface area contributed by atoms with Gasteiger partial charge in [-0.25, -0.2) is 5.43 Å². The van der Waals surface area contributed by atoms with Crippen LogP contribution in [-0.4, -0.2) is 29.8 Å². The standard InChI is InChI=1S/C33H31ClN4O3/c1-3-37(4-2)26-18-15-24(31(19-26)41-22-23-13-16-25(34)17-14-23)20-35-36-32(39)21-38-29-11-7-5-9-27(29)33(40)28-10-6-8-12-30(28)38/h5-20H,3-4,21-22H2,1-2H3,(H,36,39)/b35-20-. The van der Waals surface area contributed by atoms with Gasteiger partial charge in [-0.1, -0.05) is 48.0 Å². The number of carbonyl (C=O) groups is 1. The first-order valence-electron chi connectivity index (χ1n) is 13.6. The average Bonchev–Trinajstić information content (AvgIpc) is 3.00. The molecule has 41 heavy (non-hydrogen) atoms. The summed E-state index contributed by atoms with van der Waals surface area (Å²) in [5.74, 6) is 0.336. The molecular weight excluding hydrogens is 536 g/mol. The summed E-state index contributed by atoms with van der Waals surface area (Å²) in [4.78, 5) is 28.3. The maximum absolute atomic E-state index is 13.0. The van der Waals surface area contributed by atoms with Crippen molar-refractivity contribution in [3.05, 3.63) is 117 Å². The van der Waals surface area contributed by atoms with Crippen molar-refractivity contribution in [2.75, 3.05) is 18.0 Å². The van der Waals surface area contributed by atoms with Crippen LogP contribution in [0.4, 0.5) is 5.69 Å². The van der Waals surface area contributed by atoms with Crippen LogP contribution in [0.15, 0.2) is 101 Å². The molecule has 4 aromatic carbocycles. The number of nitrogens with one attached hydrogen (secondary N) is 1. The predicted molar refractivity (Wildman–Crippen MR) is 167 cm³/mol. The van der Waals surface area contributed by atoms with Gasteiger partial charge in [-0.15, -0.1) is 0 Å². The highest BCUT2D eigenvalue weighted by atomic mass is 35.5. The molecule has 0 bridgehead atoms. The van der Waals surface area contributed by atoms with Gasteiger partial charge in [0.05, 0.1) is 17.2 Å². The largest absolute Gasteiger partial charge is 0.488 e. The highest BCUT2D eigenvalue weighted by Gasteiger charge is 2.13. The molecule has 0 saturated heterocycles. The van der Waals surface area contributed by atoms with Crippen LogP contribution in [0, 0.1) is 0 Å². The van der Waals surface area contributed by atoms with E-state index in [-0.39, 0.29) is 17.9 Å². The number of para-hydroxylation sites is 2. The lowest BCUT2D eigenvalue weighted by molar-refractivity contribution is -0.121. The molecule has 0 aliphatic heterocycles. The molecule has 1 N–H and O–H groups in total. The van der Waals surface area contributed by atoms with E-state index in [1.54, 1.807) is 18.3 Å². The average molecular weight is 567 g/mol. The van der Waals surface area contributed by atoms with E-state index >= 15 is 0 Å². The van der Waals surface area contributed by atoms with Gasteiger partial charge in [-0.2, -0.15) is 5.10 Å². The number of aromatic nitrogens is 1. The Kier molecular flexibility index (Phi) is 8.65. The Morgan fingerprint density at radius 1 is 0.927 bits per heavy atom. The van der Waals surface area contributed by atoms with Gasteiger partial charge in [0.15, 0.2) is 5.43 Å². The third kappa shape index (κ3) is 6.26. The van der Waals surface area contributed by atoms with Crippen molar-refractivity contribution in [3.8, 4) is 5.75 Å². The Morgan fingerprint density at radius 3 is 2.20 bits per heavy atom. The first-order valence-corrected chi connectivity index (χ1v) is 13.9. The smallest absolute Gasteiger partial charge is 0.260 e. The molecule has 0 aliphatic carbocycles. The summed E-state index contributed by atoms with van der Waals surface area (Å²) in [6.07, 6.45) is 1.59. The third-order valence-electron chi connectivity index (χ3n) is 7.01. The number of rotatable bonds is 10. The van der Waals surface area contributed by atoms with Gasteiger partial charge in [0.25, 0.3) is 5.91 Å². The first-order chi connectivity index (χ1) is 20.0. The summed E-state index contributed by atoms with van der Waals surface area (Å²) in [6, 6.07) is 28.1. The van der Waals surface area contributed by atoms with E-state index in [0.717, 1.165) is 29.9 Å². The summed E-state index contributed by atoms with van der Waals surface area (Å²) >= 11 is 6.03. The third-order valence-corrected chi connectivity index (χ3v) is 7.26. The number of hydrogen-bond donors (Lipinski definition) is 1. The van der Waals surface area contributed by atoms with E-state index in [9.17, 15) is 9.59 Å². The van der Waals surface area contributed by atoms with Crippen LogP contribution in [0.25, 0.3) is 21.8 Å². The van der Waals surface area contributed by atoms with Crippen molar-refractivity contribution in [2.24, 2.45) is 5.10 Å². The number of ether oxygens (including phenoxy) is 1. The molecule has 1 aromatic heterocycles. The Bertz CT molecular complexity index is 1720. The van der Waals surface area contributed by atoms with Gasteiger partial charge in [-0.3, -0.25) is 9.59 Å². The van der Waals surface area contributed by atoms with Gasteiger partial charge in [0, 0.05) is 46.2 Å². The van der Waals surface area contributed by atoms with E-state index in [1.807, 2.05) is 83.4 Å². The number of nitrogens with zero attached hydrogens (tertiary/aromatic N) is 3. The van der Waals surface area contributed by atoms with E-state index in [4.69, 9.17) is 16.3 Å². The Morgan fingerprint density at radius 2 is 1.56 bits per heavy atom. The lowest BCUT2D eigenvalue weighted by atomic mass is 10.1. The number of hydrogen-bond acceptors (Lipinski definition) is 5. The number of hydrazone groups is 1. The number of pyridine rings is 1. The van der Waals surface area contributed by atoms with Crippen LogP contribution in [0.5, 0.6) is 5.75 Å². The molecule has 0 saturated carbocycles. The summed E-state index contributed by atoms with van der Waals surface area (Å²) < 4.78 is 8.04. The summed E-state index contributed by atoms with van der Waals surface area (Å²) in [6.45, 7) is 6.31. The van der Waals surface area contributed by atoms with Crippen LogP contribution >= 0.6 is 11.6 Å². The van der Waals surface area contributed by atoms with Crippen LogP contribution in [0.1, 0.15) is 25.0 Å². The Labute approximate surface area is 243 Å². The predicted octanol–water partition coefficient (Wildman–Crippen LogP) is 6.38. The molecular formula is C33H31ClN4O3. The fourth-order valence-corrected chi connectivity index (χ4v) is 5.01. The number of halogens is 1. The van der Waals surface area contributed by atoms with Crippen molar-refractivity contribution < 1.29 is 9.53 Å². The SMILES string of the molecule is CCN(CC)c1ccc(/C=N\NC(=O)Cn2c3ccccc3c(=O)c3ccccc32)c(OCc2ccc(Cl)cc2)c1. The van der Waals surface area contributed by atoms with Crippen LogP contribution < -0.4 is 20.5 Å². The number of benzene rings is 4. The number of fused-ring (bicyclic) bond motifs is 2. The van der Waals surface area contributed by atoms with Gasteiger partial charge in [-0.05, 0) is 67.9 Å². The molecule has 0 atom stereocenters. The highest BCUT2D eigenvalue weighted by molar-refractivity contribution is 6.30. The minimum atomic E-state index is -0.316. The van der Waals surface area contributed by atoms with Crippen molar-refractivity contribution >= 4 is 51.2 Å². The molecule has 208 valence electrons. The normalized spacial score (nSPS) is 11.3. The van der Waals surface area contributed by atoms with Gasteiger partial charge < -0.3 is 14.2 Å². The molecule has 0 aliphatic rings. The zero-order valence-corrected chi connectivity index (χ0v) is 23.8. The number of carbonyl (C=O) groups excluding carboxylic acids is 1. The fraction of sp³-hybridized carbons (Fsp3) is 0.182. The maximum Gasteiger partial charge on any atom is 0.260 e. The lowest BCUT2D eigenvalue weighted by Crippen LogP contribution is -2.25. The molecule has 0 radical (unpaired) electrons. The number of amides is 1. The van der Waals surface area contributed by atoms with Gasteiger partial charge in [0.2, 0.25) is 0 Å². The second kappa shape index (κ2) is 12.7. The van der Waals surface area contributed by atoms with Crippen LogP contribution in [-0.2, 0) is 17.9 Å². The van der Waals surface area contributed by atoms with Crippen molar-refractivity contribution in [1.29, 1.82) is 0 Å². The van der Waals surface area contributed by atoms with E-state index in [1.165, 1.54) is 0 Å². The molecule has 0 fully saturated rings. The highest BCUT2D eigenvalue weighted by Crippen LogP contribution is 2.26. The van der Waals surface area contributed by atoms with Crippen molar-refractivity contribution in [3.63, 3.8) is 0 Å². The molecule has 1 heterocycles. The number of anilines is 1. The summed E-state index contributed by atoms with van der Waals surface area (Å²) in [5, 5.41) is 6.05. The second-order valence-electron chi connectivity index (χ2n) is 9.55. The second-order valence-corrected chi connectivity index (χ2v) is 9.99. The van der Waals surface area contributed by atoms with E-state index in [2.05, 4.69) is 29.3 Å². The quantitative estimate of drug-likeness (QED) is 0.121. The van der Waals surface area contributed by atoms with Crippen LogP contribution in [0.3, 0.4) is 0 Å². The minimum Gasteiger partial charge on any atom is -0.488 e. The van der Waals surface area contributed by atoms with Crippen molar-refractivity contribution in [1.82, 2.24) is 9.99 Å². The van der Waals surface area contributed by atoms with E-state index < -0.39 is 0 Å². The maximum atomic E-state index is 13.0. The molecule has 7 nitrogen and oxygen atoms in total.